The van der Waals surface area contributed by atoms with Gasteiger partial charge in [0.15, 0.2) is 0 Å². The van der Waals surface area contributed by atoms with Crippen LogP contribution in [0.1, 0.15) is 11.1 Å². The van der Waals surface area contributed by atoms with Crippen molar-refractivity contribution in [3.63, 3.8) is 0 Å². The van der Waals surface area contributed by atoms with Gasteiger partial charge in [-0.3, -0.25) is 4.99 Å². The maximum atomic E-state index is 3.88. The van der Waals surface area contributed by atoms with Crippen LogP contribution in [0.25, 0.3) is 0 Å². The normalized spacial score (nSPS) is 13.6. The first-order valence-corrected chi connectivity index (χ1v) is 3.48. The standard InChI is InChI=1S/C9H9N/c1-10-9-5-7-2-3-8(4-7)6-9/h4-6H,1-3H2. The first kappa shape index (κ1) is 5.66. The largest absolute Gasteiger partial charge is 0.265 e. The van der Waals surface area contributed by atoms with Crippen LogP contribution in [0.4, 0.5) is 5.69 Å². The maximum absolute atomic E-state index is 3.88. The van der Waals surface area contributed by atoms with Crippen molar-refractivity contribution >= 4 is 12.4 Å². The van der Waals surface area contributed by atoms with Crippen molar-refractivity contribution in [2.75, 3.05) is 0 Å². The fraction of sp³-hybridized carbons (Fsp3) is 0.222. The Morgan fingerprint density at radius 3 is 2.20 bits per heavy atom. The fourth-order valence-corrected chi connectivity index (χ4v) is 1.41. The number of benzene rings is 1. The molecule has 1 aliphatic rings. The van der Waals surface area contributed by atoms with Gasteiger partial charge < -0.3 is 0 Å². The maximum Gasteiger partial charge on any atom is 0.0627 e. The van der Waals surface area contributed by atoms with Gasteiger partial charge >= 0.3 is 0 Å². The van der Waals surface area contributed by atoms with Crippen LogP contribution in [-0.2, 0) is 12.8 Å². The Labute approximate surface area is 60.4 Å². The molecule has 0 saturated heterocycles. The summed E-state index contributed by atoms with van der Waals surface area (Å²) < 4.78 is 0. The molecule has 1 heteroatoms. The van der Waals surface area contributed by atoms with Gasteiger partial charge in [0.25, 0.3) is 0 Å². The molecule has 0 aromatic heterocycles. The lowest BCUT2D eigenvalue weighted by Gasteiger charge is -1.92. The van der Waals surface area contributed by atoms with E-state index in [4.69, 9.17) is 0 Å². The minimum atomic E-state index is 1.02. The summed E-state index contributed by atoms with van der Waals surface area (Å²) in [5.41, 5.74) is 3.82. The van der Waals surface area contributed by atoms with E-state index in [1.807, 2.05) is 0 Å². The van der Waals surface area contributed by atoms with Crippen LogP contribution in [0.5, 0.6) is 0 Å². The number of rotatable bonds is 1. The van der Waals surface area contributed by atoms with Gasteiger partial charge in [-0.1, -0.05) is 6.07 Å². The van der Waals surface area contributed by atoms with E-state index in [1.54, 1.807) is 0 Å². The molecule has 0 amide bonds. The Bertz CT molecular complexity index is 254. The molecule has 1 aromatic rings. The van der Waals surface area contributed by atoms with E-state index < -0.39 is 0 Å². The molecule has 0 unspecified atom stereocenters. The van der Waals surface area contributed by atoms with Crippen LogP contribution in [0, 0.1) is 0 Å². The van der Waals surface area contributed by atoms with Crippen LogP contribution in [-0.4, -0.2) is 6.72 Å². The summed E-state index contributed by atoms with van der Waals surface area (Å²) in [5, 5.41) is 0. The zero-order chi connectivity index (χ0) is 6.97. The van der Waals surface area contributed by atoms with Gasteiger partial charge in [0.2, 0.25) is 0 Å². The molecule has 50 valence electrons. The summed E-state index contributed by atoms with van der Waals surface area (Å²) in [6.45, 7) is 3.49. The third-order valence-electron chi connectivity index (χ3n) is 1.92. The van der Waals surface area contributed by atoms with Crippen LogP contribution >= 0.6 is 0 Å². The van der Waals surface area contributed by atoms with E-state index in [2.05, 4.69) is 29.9 Å². The average Bonchev–Trinajstić information content (AvgIpc) is 2.30. The quantitative estimate of drug-likeness (QED) is 0.518. The molecule has 1 aromatic carbocycles. The number of nitrogens with zero attached hydrogens (tertiary/aromatic N) is 1. The highest BCUT2D eigenvalue weighted by Crippen LogP contribution is 2.24. The molecule has 1 nitrogen and oxygen atoms in total. The number of hydrogen-bond donors (Lipinski definition) is 0. The molecular weight excluding hydrogens is 122 g/mol. The first-order chi connectivity index (χ1) is 4.88. The van der Waals surface area contributed by atoms with Crippen molar-refractivity contribution in [1.29, 1.82) is 0 Å². The highest BCUT2D eigenvalue weighted by molar-refractivity contribution is 5.51. The zero-order valence-electron chi connectivity index (χ0n) is 5.80. The summed E-state index contributed by atoms with van der Waals surface area (Å²) >= 11 is 0. The number of fused-ring (bicyclic) bond motifs is 2. The molecule has 0 aliphatic heterocycles. The molecule has 0 heterocycles. The second-order valence-electron chi connectivity index (χ2n) is 2.67. The Kier molecular flexibility index (Phi) is 1.10. The van der Waals surface area contributed by atoms with Crippen LogP contribution in [0.2, 0.25) is 0 Å². The molecule has 0 spiro atoms. The second kappa shape index (κ2) is 1.94. The van der Waals surface area contributed by atoms with Crippen LogP contribution < -0.4 is 0 Å². The van der Waals surface area contributed by atoms with Crippen molar-refractivity contribution in [3.8, 4) is 0 Å². The van der Waals surface area contributed by atoms with Gasteiger partial charge in [0.05, 0.1) is 5.69 Å². The number of aryl methyl sites for hydroxylation is 2. The summed E-state index contributed by atoms with van der Waals surface area (Å²) in [6, 6.07) is 6.43. The number of aliphatic imine (C=N–C) groups is 1. The van der Waals surface area contributed by atoms with Crippen LogP contribution in [0.3, 0.4) is 0 Å². The summed E-state index contributed by atoms with van der Waals surface area (Å²) in [4.78, 5) is 3.88. The van der Waals surface area contributed by atoms with Gasteiger partial charge in [-0.25, -0.2) is 0 Å². The SMILES string of the molecule is C=Nc1cc2cc(c1)CC2. The molecule has 0 atom stereocenters. The molecule has 10 heavy (non-hydrogen) atoms. The van der Waals surface area contributed by atoms with Gasteiger partial charge in [-0.2, -0.15) is 0 Å². The fourth-order valence-electron chi connectivity index (χ4n) is 1.41. The highest BCUT2D eigenvalue weighted by Gasteiger charge is 2.06. The topological polar surface area (TPSA) is 12.4 Å². The Balaban J connectivity index is 2.58. The van der Waals surface area contributed by atoms with E-state index in [1.165, 1.54) is 24.0 Å². The Morgan fingerprint density at radius 1 is 1.10 bits per heavy atom. The van der Waals surface area contributed by atoms with E-state index in [0.717, 1.165) is 5.69 Å². The van der Waals surface area contributed by atoms with E-state index in [9.17, 15) is 0 Å². The van der Waals surface area contributed by atoms with Crippen molar-refractivity contribution < 1.29 is 0 Å². The van der Waals surface area contributed by atoms with Gasteiger partial charge in [0.1, 0.15) is 0 Å². The Hall–Kier alpha value is -1.11. The van der Waals surface area contributed by atoms with Gasteiger partial charge in [-0.15, -0.1) is 0 Å². The zero-order valence-corrected chi connectivity index (χ0v) is 5.80. The monoisotopic (exact) mass is 131 g/mol. The minimum Gasteiger partial charge on any atom is -0.265 e. The molecule has 1 aliphatic carbocycles. The smallest absolute Gasteiger partial charge is 0.0627 e. The predicted octanol–water partition coefficient (Wildman–Crippen LogP) is 2.12. The summed E-state index contributed by atoms with van der Waals surface area (Å²) in [5.74, 6) is 0. The molecule has 0 radical (unpaired) electrons. The molecule has 0 N–H and O–H groups in total. The van der Waals surface area contributed by atoms with Gasteiger partial charge in [0, 0.05) is 0 Å². The van der Waals surface area contributed by atoms with Crippen molar-refractivity contribution in [1.82, 2.24) is 0 Å². The third-order valence-corrected chi connectivity index (χ3v) is 1.92. The number of hydrogen-bond acceptors (Lipinski definition) is 1. The molecular formula is C9H9N. The van der Waals surface area contributed by atoms with Crippen LogP contribution in [0.15, 0.2) is 23.2 Å². The van der Waals surface area contributed by atoms with Crippen molar-refractivity contribution in [2.24, 2.45) is 4.99 Å². The molecule has 2 rings (SSSR count). The Morgan fingerprint density at radius 2 is 1.70 bits per heavy atom. The average molecular weight is 131 g/mol. The van der Waals surface area contributed by atoms with E-state index in [-0.39, 0.29) is 0 Å². The predicted molar refractivity (Wildman–Crippen MR) is 43.1 cm³/mol. The van der Waals surface area contributed by atoms with Crippen molar-refractivity contribution in [3.05, 3.63) is 29.3 Å². The van der Waals surface area contributed by atoms with Gasteiger partial charge in [-0.05, 0) is 42.8 Å². The second-order valence-corrected chi connectivity index (χ2v) is 2.67. The lowest BCUT2D eigenvalue weighted by molar-refractivity contribution is 1.03. The van der Waals surface area contributed by atoms with E-state index in [0.29, 0.717) is 0 Å². The highest BCUT2D eigenvalue weighted by atomic mass is 14.7. The summed E-state index contributed by atoms with van der Waals surface area (Å²) in [6.07, 6.45) is 2.37. The molecule has 2 bridgehead atoms. The lowest BCUT2D eigenvalue weighted by Crippen LogP contribution is -1.72. The first-order valence-electron chi connectivity index (χ1n) is 3.48. The lowest BCUT2D eigenvalue weighted by atomic mass is 10.2. The van der Waals surface area contributed by atoms with Crippen molar-refractivity contribution in [2.45, 2.75) is 12.8 Å². The minimum absolute atomic E-state index is 1.02. The molecule has 0 fully saturated rings. The molecule has 0 saturated carbocycles. The van der Waals surface area contributed by atoms with E-state index >= 15 is 0 Å². The third kappa shape index (κ3) is 0.747. The summed E-state index contributed by atoms with van der Waals surface area (Å²) in [7, 11) is 0.